The summed E-state index contributed by atoms with van der Waals surface area (Å²) in [6.07, 6.45) is 0.689. The zero-order chi connectivity index (χ0) is 22.4. The van der Waals surface area contributed by atoms with Crippen molar-refractivity contribution in [3.63, 3.8) is 0 Å². The van der Waals surface area contributed by atoms with Crippen molar-refractivity contribution in [2.45, 2.75) is 38.9 Å². The second kappa shape index (κ2) is 9.74. The number of fused-ring (bicyclic) bond motifs is 1. The normalized spacial score (nSPS) is 17.9. The first-order valence-corrected chi connectivity index (χ1v) is 10.4. The van der Waals surface area contributed by atoms with Gasteiger partial charge in [0.2, 0.25) is 5.91 Å². The Balaban J connectivity index is 1.68. The average molecular weight is 428 g/mol. The van der Waals surface area contributed by atoms with Crippen LogP contribution in [0.5, 0.6) is 0 Å². The number of nitrogens with one attached hydrogen (secondary N) is 2. The van der Waals surface area contributed by atoms with Crippen molar-refractivity contribution in [2.24, 2.45) is 0 Å². The molecule has 1 aliphatic rings. The number of aromatic nitrogens is 2. The fraction of sp³-hybridized carbons (Fsp3) is 0.455. The third-order valence-electron chi connectivity index (χ3n) is 5.47. The van der Waals surface area contributed by atoms with Crippen LogP contribution in [0.4, 0.5) is 0 Å². The lowest BCUT2D eigenvalue weighted by atomic mass is 9.96. The van der Waals surface area contributed by atoms with E-state index in [0.29, 0.717) is 32.7 Å². The zero-order valence-electron chi connectivity index (χ0n) is 18.2. The molecule has 1 atom stereocenters. The van der Waals surface area contributed by atoms with Crippen LogP contribution in [0.25, 0.3) is 0 Å². The van der Waals surface area contributed by atoms with Crippen LogP contribution in [-0.4, -0.2) is 64.7 Å². The van der Waals surface area contributed by atoms with Gasteiger partial charge in [0.1, 0.15) is 11.2 Å². The van der Waals surface area contributed by atoms with Crippen molar-refractivity contribution in [3.8, 4) is 0 Å². The Morgan fingerprint density at radius 2 is 1.97 bits per heavy atom. The predicted octanol–water partition coefficient (Wildman–Crippen LogP) is 1.20. The first-order valence-electron chi connectivity index (χ1n) is 10.4. The summed E-state index contributed by atoms with van der Waals surface area (Å²) in [6.45, 7) is 5.78. The van der Waals surface area contributed by atoms with Gasteiger partial charge in [0, 0.05) is 39.4 Å². The van der Waals surface area contributed by atoms with Crippen LogP contribution >= 0.6 is 0 Å². The Labute approximate surface area is 181 Å². The lowest BCUT2D eigenvalue weighted by Crippen LogP contribution is -2.62. The van der Waals surface area contributed by atoms with E-state index in [2.05, 4.69) is 15.7 Å². The lowest BCUT2D eigenvalue weighted by molar-refractivity contribution is -0.132. The molecule has 0 saturated heterocycles. The van der Waals surface area contributed by atoms with Crippen molar-refractivity contribution >= 4 is 17.7 Å². The second-order valence-electron chi connectivity index (χ2n) is 7.69. The molecule has 3 amide bonds. The lowest BCUT2D eigenvalue weighted by Gasteiger charge is -2.40. The number of rotatable bonds is 9. The third-order valence-corrected chi connectivity index (χ3v) is 5.47. The van der Waals surface area contributed by atoms with Gasteiger partial charge < -0.3 is 20.3 Å². The number of ether oxygens (including phenoxy) is 1. The summed E-state index contributed by atoms with van der Waals surface area (Å²) >= 11 is 0. The predicted molar refractivity (Wildman–Crippen MR) is 114 cm³/mol. The van der Waals surface area contributed by atoms with E-state index in [9.17, 15) is 14.4 Å². The van der Waals surface area contributed by atoms with Crippen LogP contribution in [0.3, 0.4) is 0 Å². The molecule has 0 bridgehead atoms. The molecule has 0 aliphatic carbocycles. The van der Waals surface area contributed by atoms with Gasteiger partial charge in [-0.25, -0.2) is 0 Å². The number of nitrogens with zero attached hydrogens (tertiary/aromatic N) is 3. The molecule has 9 nitrogen and oxygen atoms in total. The summed E-state index contributed by atoms with van der Waals surface area (Å²) < 4.78 is 6.69. The Kier molecular flexibility index (Phi) is 7.06. The summed E-state index contributed by atoms with van der Waals surface area (Å²) in [7, 11) is 1.59. The van der Waals surface area contributed by atoms with Crippen molar-refractivity contribution in [2.75, 3.05) is 26.8 Å². The SMILES string of the molecule is CCOCCCNC(=O)c1cc2n(n1)C[C@](C)(C(=O)NCc1ccccc1)N(C)C2=O. The fourth-order valence-corrected chi connectivity index (χ4v) is 3.42. The second-order valence-corrected chi connectivity index (χ2v) is 7.69. The van der Waals surface area contributed by atoms with Gasteiger partial charge in [0.25, 0.3) is 11.8 Å². The molecule has 0 spiro atoms. The van der Waals surface area contributed by atoms with Crippen molar-refractivity contribution < 1.29 is 19.1 Å². The molecule has 2 aromatic rings. The minimum absolute atomic E-state index is 0.155. The first-order chi connectivity index (χ1) is 14.9. The molecular formula is C22H29N5O4. The number of hydrogen-bond acceptors (Lipinski definition) is 5. The summed E-state index contributed by atoms with van der Waals surface area (Å²) in [5.74, 6) is -0.995. The highest BCUT2D eigenvalue weighted by molar-refractivity contribution is 6.01. The highest BCUT2D eigenvalue weighted by atomic mass is 16.5. The maximum atomic E-state index is 13.0. The highest BCUT2D eigenvalue weighted by Gasteiger charge is 2.46. The molecule has 3 rings (SSSR count). The quantitative estimate of drug-likeness (QED) is 0.585. The standard InChI is InChI=1S/C22H29N5O4/c1-4-31-12-8-11-23-19(28)17-13-18-20(29)26(3)22(2,15-27(18)25-17)21(30)24-14-16-9-6-5-7-10-16/h5-7,9-10,13H,4,8,11-12,14-15H2,1-3H3,(H,23,28)(H,24,30)/t22-/m1/s1. The summed E-state index contributed by atoms with van der Waals surface area (Å²) in [6, 6.07) is 11.0. The summed E-state index contributed by atoms with van der Waals surface area (Å²) in [5.41, 5.74) is 0.278. The van der Waals surface area contributed by atoms with Crippen LogP contribution in [0.1, 0.15) is 46.8 Å². The first kappa shape index (κ1) is 22.5. The molecule has 9 heteroatoms. The summed E-state index contributed by atoms with van der Waals surface area (Å²) in [5, 5.41) is 9.97. The average Bonchev–Trinajstić information content (AvgIpc) is 3.20. The van der Waals surface area contributed by atoms with E-state index in [0.717, 1.165) is 5.56 Å². The van der Waals surface area contributed by atoms with Gasteiger partial charge in [-0.05, 0) is 25.8 Å². The van der Waals surface area contributed by atoms with Crippen molar-refractivity contribution in [1.82, 2.24) is 25.3 Å². The fourth-order valence-electron chi connectivity index (χ4n) is 3.42. The minimum atomic E-state index is -1.13. The van der Waals surface area contributed by atoms with Crippen LogP contribution in [0.15, 0.2) is 36.4 Å². The number of likely N-dealkylation sites (N-methyl/N-ethyl adjacent to an activating group) is 1. The van der Waals surface area contributed by atoms with Gasteiger partial charge in [-0.1, -0.05) is 30.3 Å². The monoisotopic (exact) mass is 427 g/mol. The molecule has 0 radical (unpaired) electrons. The Bertz CT molecular complexity index is 943. The molecule has 31 heavy (non-hydrogen) atoms. The molecule has 0 saturated carbocycles. The van der Waals surface area contributed by atoms with E-state index in [1.54, 1.807) is 14.0 Å². The number of carbonyl (C=O) groups is 3. The van der Waals surface area contributed by atoms with Crippen LogP contribution in [0.2, 0.25) is 0 Å². The van der Waals surface area contributed by atoms with Gasteiger partial charge in [0.05, 0.1) is 6.54 Å². The van der Waals surface area contributed by atoms with E-state index in [1.807, 2.05) is 37.3 Å². The largest absolute Gasteiger partial charge is 0.382 e. The molecule has 1 aromatic carbocycles. The Hall–Kier alpha value is -3.20. The maximum Gasteiger partial charge on any atom is 0.272 e. The minimum Gasteiger partial charge on any atom is -0.382 e. The van der Waals surface area contributed by atoms with E-state index in [-0.39, 0.29) is 35.7 Å². The Morgan fingerprint density at radius 1 is 1.23 bits per heavy atom. The number of hydrogen-bond donors (Lipinski definition) is 2. The number of amides is 3. The molecule has 2 N–H and O–H groups in total. The van der Waals surface area contributed by atoms with Gasteiger partial charge in [0.15, 0.2) is 5.69 Å². The Morgan fingerprint density at radius 3 is 2.68 bits per heavy atom. The van der Waals surface area contributed by atoms with E-state index < -0.39 is 5.54 Å². The van der Waals surface area contributed by atoms with Crippen molar-refractivity contribution in [1.29, 1.82) is 0 Å². The number of carbonyl (C=O) groups excluding carboxylic acids is 3. The smallest absolute Gasteiger partial charge is 0.272 e. The van der Waals surface area contributed by atoms with Gasteiger partial charge >= 0.3 is 0 Å². The maximum absolute atomic E-state index is 13.0. The van der Waals surface area contributed by atoms with E-state index in [1.165, 1.54) is 15.6 Å². The van der Waals surface area contributed by atoms with Gasteiger partial charge in [-0.2, -0.15) is 5.10 Å². The molecule has 0 fully saturated rings. The van der Waals surface area contributed by atoms with Crippen LogP contribution < -0.4 is 10.6 Å². The molecule has 1 aliphatic heterocycles. The van der Waals surface area contributed by atoms with Gasteiger partial charge in [-0.15, -0.1) is 0 Å². The van der Waals surface area contributed by atoms with Gasteiger partial charge in [-0.3, -0.25) is 19.1 Å². The van der Waals surface area contributed by atoms with Crippen LogP contribution in [-0.2, 0) is 22.6 Å². The van der Waals surface area contributed by atoms with E-state index in [4.69, 9.17) is 4.74 Å². The third kappa shape index (κ3) is 4.93. The van der Waals surface area contributed by atoms with E-state index >= 15 is 0 Å². The van der Waals surface area contributed by atoms with Crippen molar-refractivity contribution in [3.05, 3.63) is 53.3 Å². The number of benzene rings is 1. The topological polar surface area (TPSA) is 106 Å². The molecular weight excluding hydrogens is 398 g/mol. The summed E-state index contributed by atoms with van der Waals surface area (Å²) in [4.78, 5) is 39.7. The molecule has 2 heterocycles. The van der Waals surface area contributed by atoms with Crippen LogP contribution in [0, 0.1) is 0 Å². The highest BCUT2D eigenvalue weighted by Crippen LogP contribution is 2.26. The molecule has 1 aromatic heterocycles. The molecule has 166 valence electrons. The zero-order valence-corrected chi connectivity index (χ0v) is 18.2. The molecule has 0 unspecified atom stereocenters.